The monoisotopic (exact) mass is 246 g/mol. The molecule has 4 aromatic rings. The Morgan fingerprint density at radius 2 is 1.26 bits per heavy atom. The van der Waals surface area contributed by atoms with E-state index in [1.807, 2.05) is 0 Å². The fourth-order valence-corrected chi connectivity index (χ4v) is 3.10. The average molecular weight is 246 g/mol. The standard InChI is InChI=1S/C18H14O/c1-11-3-4-12-6-9-15-16(19-2)10-7-13-5-8-14(11)17(12)18(13)15/h3-10H,1-2H3. The minimum atomic E-state index is 0.948. The van der Waals surface area contributed by atoms with Crippen LogP contribution in [0.1, 0.15) is 5.56 Å². The second-order valence-corrected chi connectivity index (χ2v) is 5.07. The molecule has 19 heavy (non-hydrogen) atoms. The molecule has 0 unspecified atom stereocenters. The summed E-state index contributed by atoms with van der Waals surface area (Å²) in [4.78, 5) is 0. The van der Waals surface area contributed by atoms with Gasteiger partial charge in [-0.05, 0) is 46.2 Å². The van der Waals surface area contributed by atoms with Gasteiger partial charge in [0.2, 0.25) is 0 Å². The van der Waals surface area contributed by atoms with Gasteiger partial charge < -0.3 is 4.74 Å². The van der Waals surface area contributed by atoms with Crippen LogP contribution in [0.4, 0.5) is 0 Å². The highest BCUT2D eigenvalue weighted by Gasteiger charge is 2.11. The van der Waals surface area contributed by atoms with Crippen LogP contribution in [-0.2, 0) is 0 Å². The van der Waals surface area contributed by atoms with Crippen LogP contribution in [0.2, 0.25) is 0 Å². The average Bonchev–Trinajstić information content (AvgIpc) is 2.46. The first kappa shape index (κ1) is 10.6. The minimum Gasteiger partial charge on any atom is -0.496 e. The first-order valence-electron chi connectivity index (χ1n) is 6.51. The Hall–Kier alpha value is -2.28. The van der Waals surface area contributed by atoms with Gasteiger partial charge in [0.15, 0.2) is 0 Å². The second kappa shape index (κ2) is 3.61. The zero-order chi connectivity index (χ0) is 13.0. The molecule has 0 fully saturated rings. The smallest absolute Gasteiger partial charge is 0.126 e. The number of hydrogen-bond acceptors (Lipinski definition) is 1. The first-order valence-corrected chi connectivity index (χ1v) is 6.51. The molecule has 92 valence electrons. The van der Waals surface area contributed by atoms with Crippen molar-refractivity contribution in [3.8, 4) is 5.75 Å². The van der Waals surface area contributed by atoms with Gasteiger partial charge in [0.25, 0.3) is 0 Å². The summed E-state index contributed by atoms with van der Waals surface area (Å²) in [5, 5.41) is 7.78. The highest BCUT2D eigenvalue weighted by Crippen LogP contribution is 2.39. The number of benzene rings is 4. The van der Waals surface area contributed by atoms with E-state index in [1.54, 1.807) is 7.11 Å². The van der Waals surface area contributed by atoms with Gasteiger partial charge in [0.05, 0.1) is 7.11 Å². The molecule has 0 radical (unpaired) electrons. The molecule has 4 aromatic carbocycles. The van der Waals surface area contributed by atoms with Crippen molar-refractivity contribution in [3.63, 3.8) is 0 Å². The van der Waals surface area contributed by atoms with Gasteiger partial charge in [0, 0.05) is 10.8 Å². The van der Waals surface area contributed by atoms with E-state index in [2.05, 4.69) is 55.5 Å². The SMILES string of the molecule is COc1ccc2ccc3c(C)ccc4ccc1c2c43. The molecule has 0 saturated heterocycles. The molecule has 0 aliphatic carbocycles. The van der Waals surface area contributed by atoms with Gasteiger partial charge in [-0.25, -0.2) is 0 Å². The number of ether oxygens (including phenoxy) is 1. The molecule has 0 heterocycles. The fourth-order valence-electron chi connectivity index (χ4n) is 3.10. The fraction of sp³-hybridized carbons (Fsp3) is 0.111. The Labute approximate surface area is 111 Å². The summed E-state index contributed by atoms with van der Waals surface area (Å²) >= 11 is 0. The van der Waals surface area contributed by atoms with Crippen LogP contribution in [0.3, 0.4) is 0 Å². The largest absolute Gasteiger partial charge is 0.496 e. The number of rotatable bonds is 1. The third-order valence-electron chi connectivity index (χ3n) is 4.06. The van der Waals surface area contributed by atoms with E-state index in [0.717, 1.165) is 5.75 Å². The maximum absolute atomic E-state index is 5.50. The minimum absolute atomic E-state index is 0.948. The van der Waals surface area contributed by atoms with Crippen LogP contribution < -0.4 is 4.74 Å². The molecule has 1 nitrogen and oxygen atoms in total. The summed E-state index contributed by atoms with van der Waals surface area (Å²) in [6.07, 6.45) is 0. The normalized spacial score (nSPS) is 11.7. The van der Waals surface area contributed by atoms with E-state index in [0.29, 0.717) is 0 Å². The summed E-state index contributed by atoms with van der Waals surface area (Å²) in [7, 11) is 1.73. The summed E-state index contributed by atoms with van der Waals surface area (Å²) in [6.45, 7) is 2.17. The lowest BCUT2D eigenvalue weighted by molar-refractivity contribution is 0.420. The van der Waals surface area contributed by atoms with E-state index >= 15 is 0 Å². The molecule has 0 bridgehead atoms. The van der Waals surface area contributed by atoms with E-state index in [9.17, 15) is 0 Å². The summed E-state index contributed by atoms with van der Waals surface area (Å²) in [5.41, 5.74) is 1.32. The molecule has 0 amide bonds. The third kappa shape index (κ3) is 1.30. The number of hydrogen-bond donors (Lipinski definition) is 0. The van der Waals surface area contributed by atoms with E-state index in [-0.39, 0.29) is 0 Å². The van der Waals surface area contributed by atoms with Gasteiger partial charge in [-0.1, -0.05) is 36.4 Å². The Morgan fingerprint density at radius 1 is 0.684 bits per heavy atom. The number of methoxy groups -OCH3 is 1. The highest BCUT2D eigenvalue weighted by atomic mass is 16.5. The van der Waals surface area contributed by atoms with Crippen molar-refractivity contribution < 1.29 is 4.74 Å². The van der Waals surface area contributed by atoms with Gasteiger partial charge >= 0.3 is 0 Å². The van der Waals surface area contributed by atoms with E-state index < -0.39 is 0 Å². The van der Waals surface area contributed by atoms with Crippen LogP contribution in [0.5, 0.6) is 5.75 Å². The van der Waals surface area contributed by atoms with Crippen molar-refractivity contribution in [1.82, 2.24) is 0 Å². The van der Waals surface area contributed by atoms with Gasteiger partial charge in [-0.2, -0.15) is 0 Å². The Morgan fingerprint density at radius 3 is 2.00 bits per heavy atom. The second-order valence-electron chi connectivity index (χ2n) is 5.07. The van der Waals surface area contributed by atoms with Crippen molar-refractivity contribution in [2.75, 3.05) is 7.11 Å². The van der Waals surface area contributed by atoms with Crippen molar-refractivity contribution in [2.45, 2.75) is 6.92 Å². The molecule has 0 N–H and O–H groups in total. The first-order chi connectivity index (χ1) is 9.29. The van der Waals surface area contributed by atoms with Crippen molar-refractivity contribution in [3.05, 3.63) is 54.1 Å². The van der Waals surface area contributed by atoms with Gasteiger partial charge in [0.1, 0.15) is 5.75 Å². The molecule has 0 aromatic heterocycles. The summed E-state index contributed by atoms with van der Waals surface area (Å²) < 4.78 is 5.50. The lowest BCUT2D eigenvalue weighted by Gasteiger charge is -2.14. The lowest BCUT2D eigenvalue weighted by Crippen LogP contribution is -1.89. The van der Waals surface area contributed by atoms with Crippen molar-refractivity contribution >= 4 is 32.3 Å². The van der Waals surface area contributed by atoms with Crippen LogP contribution in [-0.4, -0.2) is 7.11 Å². The molecule has 0 atom stereocenters. The molecule has 4 rings (SSSR count). The molecule has 0 saturated carbocycles. The maximum atomic E-state index is 5.50. The van der Waals surface area contributed by atoms with Crippen LogP contribution in [0.15, 0.2) is 48.5 Å². The quantitative estimate of drug-likeness (QED) is 0.434. The Kier molecular flexibility index (Phi) is 2.02. The molecule has 1 heteroatoms. The zero-order valence-electron chi connectivity index (χ0n) is 11.0. The predicted octanol–water partition coefficient (Wildman–Crippen LogP) is 4.90. The van der Waals surface area contributed by atoms with Crippen LogP contribution in [0, 0.1) is 6.92 Å². The Balaban J connectivity index is 2.39. The number of aryl methyl sites for hydroxylation is 1. The Bertz CT molecular complexity index is 906. The van der Waals surface area contributed by atoms with Crippen molar-refractivity contribution in [1.29, 1.82) is 0 Å². The predicted molar refractivity (Wildman–Crippen MR) is 81.4 cm³/mol. The molecular formula is C18H14O. The van der Waals surface area contributed by atoms with Gasteiger partial charge in [-0.15, -0.1) is 0 Å². The molecule has 0 aliphatic heterocycles. The highest BCUT2D eigenvalue weighted by molar-refractivity contribution is 6.24. The van der Waals surface area contributed by atoms with E-state index in [4.69, 9.17) is 4.74 Å². The summed E-state index contributed by atoms with van der Waals surface area (Å²) in [6, 6.07) is 17.4. The lowest BCUT2D eigenvalue weighted by atomic mass is 9.92. The molecule has 0 aliphatic rings. The molecule has 0 spiro atoms. The zero-order valence-corrected chi connectivity index (χ0v) is 11.0. The van der Waals surface area contributed by atoms with Crippen LogP contribution >= 0.6 is 0 Å². The van der Waals surface area contributed by atoms with E-state index in [1.165, 1.54) is 37.9 Å². The van der Waals surface area contributed by atoms with Crippen LogP contribution in [0.25, 0.3) is 32.3 Å². The maximum Gasteiger partial charge on any atom is 0.126 e. The topological polar surface area (TPSA) is 9.23 Å². The van der Waals surface area contributed by atoms with Crippen molar-refractivity contribution in [2.24, 2.45) is 0 Å². The molecular weight excluding hydrogens is 232 g/mol. The third-order valence-corrected chi connectivity index (χ3v) is 4.06. The summed E-state index contributed by atoms with van der Waals surface area (Å²) in [5.74, 6) is 0.948. The van der Waals surface area contributed by atoms with Gasteiger partial charge in [-0.3, -0.25) is 0 Å².